The van der Waals surface area contributed by atoms with Gasteiger partial charge in [-0.05, 0) is 0 Å². The molecule has 0 radical (unpaired) electrons. The molecular formula is C5H6CaO7. The zero-order valence-corrected chi connectivity index (χ0v) is 8.62. The predicted octanol–water partition coefficient (Wildman–Crippen LogP) is -5.81. The van der Waals surface area contributed by atoms with Crippen molar-refractivity contribution in [1.29, 1.82) is 0 Å². The van der Waals surface area contributed by atoms with Gasteiger partial charge in [-0.25, -0.2) is 0 Å². The summed E-state index contributed by atoms with van der Waals surface area (Å²) in [7, 11) is 0. The van der Waals surface area contributed by atoms with Crippen molar-refractivity contribution in [3.05, 3.63) is 0 Å². The van der Waals surface area contributed by atoms with Crippen LogP contribution >= 0.6 is 0 Å². The monoisotopic (exact) mass is 218 g/mol. The average molecular weight is 218 g/mol. The van der Waals surface area contributed by atoms with E-state index >= 15 is 0 Å². The topological polar surface area (TPSA) is 141 Å². The minimum absolute atomic E-state index is 0. The number of carboxylic acid groups (broad SMARTS) is 2. The smallest absolute Gasteiger partial charge is 0.547 e. The maximum Gasteiger partial charge on any atom is 2.00 e. The van der Waals surface area contributed by atoms with Crippen LogP contribution in [0.25, 0.3) is 0 Å². The Hall–Kier alpha value is 0.0797. The summed E-state index contributed by atoms with van der Waals surface area (Å²) in [4.78, 5) is 19.6. The van der Waals surface area contributed by atoms with Gasteiger partial charge >= 0.3 is 37.7 Å². The fourth-order valence-corrected chi connectivity index (χ4v) is 0.452. The van der Waals surface area contributed by atoms with Crippen LogP contribution in [-0.4, -0.2) is 83.3 Å². The Kier molecular flexibility index (Phi) is 7.80. The fraction of sp³-hybridized carbons (Fsp3) is 0.600. The van der Waals surface area contributed by atoms with E-state index in [2.05, 4.69) is 0 Å². The van der Waals surface area contributed by atoms with Crippen molar-refractivity contribution in [1.82, 2.24) is 0 Å². The Morgan fingerprint density at radius 1 is 0.923 bits per heavy atom. The van der Waals surface area contributed by atoms with Crippen LogP contribution in [0, 0.1) is 0 Å². The van der Waals surface area contributed by atoms with Gasteiger partial charge in [0.25, 0.3) is 0 Å². The maximum absolute atomic E-state index is 9.82. The minimum atomic E-state index is -2.46. The van der Waals surface area contributed by atoms with Gasteiger partial charge in [0.15, 0.2) is 0 Å². The molecule has 0 saturated carbocycles. The number of carbonyl (C=O) groups excluding carboxylic acids is 2. The molecule has 0 aliphatic rings. The Bertz CT molecular complexity index is 173. The molecule has 8 heteroatoms. The van der Waals surface area contributed by atoms with Crippen LogP contribution in [0.4, 0.5) is 0 Å². The third-order valence-electron chi connectivity index (χ3n) is 1.13. The number of aliphatic hydroxyl groups is 3. The van der Waals surface area contributed by atoms with E-state index in [1.54, 1.807) is 0 Å². The molecule has 0 spiro atoms. The number of hydrogen-bond donors (Lipinski definition) is 3. The van der Waals surface area contributed by atoms with Gasteiger partial charge in [-0.3, -0.25) is 0 Å². The van der Waals surface area contributed by atoms with Gasteiger partial charge in [-0.1, -0.05) is 0 Å². The Labute approximate surface area is 103 Å². The van der Waals surface area contributed by atoms with Crippen LogP contribution in [0.15, 0.2) is 0 Å². The molecule has 2 unspecified atom stereocenters. The van der Waals surface area contributed by atoms with Crippen LogP contribution in [0.5, 0.6) is 0 Å². The summed E-state index contributed by atoms with van der Waals surface area (Å²) in [6.07, 6.45) is -7.28. The number of aliphatic hydroxyl groups excluding tert-OH is 3. The van der Waals surface area contributed by atoms with Crippen molar-refractivity contribution >= 4 is 49.7 Å². The van der Waals surface area contributed by atoms with E-state index in [0.717, 1.165) is 0 Å². The van der Waals surface area contributed by atoms with E-state index in [9.17, 15) is 19.8 Å². The van der Waals surface area contributed by atoms with E-state index in [1.807, 2.05) is 0 Å². The molecule has 7 nitrogen and oxygen atoms in total. The molecule has 0 aliphatic carbocycles. The Morgan fingerprint density at radius 3 is 1.31 bits per heavy atom. The average Bonchev–Trinajstić information content (AvgIpc) is 2.00. The number of carbonyl (C=O) groups is 2. The molecule has 0 bridgehead atoms. The molecule has 3 N–H and O–H groups in total. The third-order valence-corrected chi connectivity index (χ3v) is 1.13. The largest absolute Gasteiger partial charge is 2.00 e. The van der Waals surface area contributed by atoms with Gasteiger partial charge in [0.1, 0.15) is 18.3 Å². The second kappa shape index (κ2) is 6.52. The van der Waals surface area contributed by atoms with Gasteiger partial charge in [-0.15, -0.1) is 0 Å². The molecule has 2 atom stereocenters. The second-order valence-electron chi connectivity index (χ2n) is 2.02. The molecule has 0 fully saturated rings. The maximum atomic E-state index is 9.82. The first-order chi connectivity index (χ1) is 5.37. The number of carboxylic acids is 2. The summed E-state index contributed by atoms with van der Waals surface area (Å²) in [6.45, 7) is 0. The molecule has 13 heavy (non-hydrogen) atoms. The summed E-state index contributed by atoms with van der Waals surface area (Å²) < 4.78 is 0. The zero-order valence-electron chi connectivity index (χ0n) is 6.41. The first kappa shape index (κ1) is 15.5. The summed E-state index contributed by atoms with van der Waals surface area (Å²) in [5.74, 6) is -4.16. The van der Waals surface area contributed by atoms with Gasteiger partial charge < -0.3 is 35.1 Å². The van der Waals surface area contributed by atoms with Crippen LogP contribution < -0.4 is 10.2 Å². The SMILES string of the molecule is O=C([O-])C(O)C(O)C(O)C(=O)[O-].[Ca+2]. The fourth-order valence-electron chi connectivity index (χ4n) is 0.452. The van der Waals surface area contributed by atoms with Crippen LogP contribution in [0.2, 0.25) is 0 Å². The molecule has 0 amide bonds. The van der Waals surface area contributed by atoms with E-state index in [0.29, 0.717) is 0 Å². The predicted molar refractivity (Wildman–Crippen MR) is 33.8 cm³/mol. The van der Waals surface area contributed by atoms with Crippen LogP contribution in [0.1, 0.15) is 0 Å². The molecule has 70 valence electrons. The van der Waals surface area contributed by atoms with Crippen molar-refractivity contribution in [2.45, 2.75) is 18.3 Å². The molecule has 0 saturated heterocycles. The molecule has 0 rings (SSSR count). The standard InChI is InChI=1S/C5H8O7.Ca/c6-1(2(7)4(9)10)3(8)5(11)12;/h1-3,6-8H,(H,9,10)(H,11,12);/q;+2/p-2. The van der Waals surface area contributed by atoms with Crippen LogP contribution in [0.3, 0.4) is 0 Å². The van der Waals surface area contributed by atoms with E-state index in [-0.39, 0.29) is 37.7 Å². The molecule has 0 aliphatic heterocycles. The van der Waals surface area contributed by atoms with Gasteiger partial charge in [0.05, 0.1) is 11.9 Å². The van der Waals surface area contributed by atoms with Gasteiger partial charge in [0.2, 0.25) is 0 Å². The molecule has 0 aromatic rings. The number of rotatable bonds is 4. The van der Waals surface area contributed by atoms with E-state index < -0.39 is 30.3 Å². The second-order valence-corrected chi connectivity index (χ2v) is 2.02. The number of hydrogen-bond acceptors (Lipinski definition) is 7. The summed E-state index contributed by atoms with van der Waals surface area (Å²) >= 11 is 0. The normalized spacial score (nSPS) is 16.5. The summed E-state index contributed by atoms with van der Waals surface area (Å²) in [6, 6.07) is 0. The number of aliphatic carboxylic acids is 2. The van der Waals surface area contributed by atoms with Crippen molar-refractivity contribution in [3.63, 3.8) is 0 Å². The zero-order chi connectivity index (χ0) is 9.89. The first-order valence-electron chi connectivity index (χ1n) is 2.84. The molecule has 0 aromatic carbocycles. The van der Waals surface area contributed by atoms with E-state index in [4.69, 9.17) is 15.3 Å². The van der Waals surface area contributed by atoms with Crippen molar-refractivity contribution in [2.75, 3.05) is 0 Å². The minimum Gasteiger partial charge on any atom is -0.547 e. The molecule has 0 aromatic heterocycles. The first-order valence-corrected chi connectivity index (χ1v) is 2.84. The van der Waals surface area contributed by atoms with Crippen molar-refractivity contribution in [3.8, 4) is 0 Å². The third kappa shape index (κ3) is 4.75. The summed E-state index contributed by atoms with van der Waals surface area (Å²) in [5, 5.41) is 45.1. The van der Waals surface area contributed by atoms with Crippen LogP contribution in [-0.2, 0) is 9.59 Å². The van der Waals surface area contributed by atoms with Crippen molar-refractivity contribution < 1.29 is 35.1 Å². The molecule has 0 heterocycles. The van der Waals surface area contributed by atoms with Gasteiger partial charge in [-0.2, -0.15) is 0 Å². The molecular weight excluding hydrogens is 212 g/mol. The van der Waals surface area contributed by atoms with Crippen molar-refractivity contribution in [2.24, 2.45) is 0 Å². The van der Waals surface area contributed by atoms with E-state index in [1.165, 1.54) is 0 Å². The quantitative estimate of drug-likeness (QED) is 0.399. The Morgan fingerprint density at radius 2 is 1.15 bits per heavy atom. The summed E-state index contributed by atoms with van der Waals surface area (Å²) in [5.41, 5.74) is 0. The Balaban J connectivity index is 0. The van der Waals surface area contributed by atoms with Gasteiger partial charge in [0, 0.05) is 0 Å².